The van der Waals surface area contributed by atoms with Crippen LogP contribution in [-0.2, 0) is 11.8 Å². The average molecular weight is 616 g/mol. The van der Waals surface area contributed by atoms with Crippen LogP contribution in [0.5, 0.6) is 0 Å². The minimum atomic E-state index is -0.303. The van der Waals surface area contributed by atoms with Crippen LogP contribution < -0.4 is 10.6 Å². The summed E-state index contributed by atoms with van der Waals surface area (Å²) in [5.41, 5.74) is 4.31. The number of piperazine rings is 1. The van der Waals surface area contributed by atoms with Gasteiger partial charge >= 0.3 is 5.69 Å². The van der Waals surface area contributed by atoms with E-state index in [1.165, 1.54) is 25.0 Å². The molecule has 3 atom stereocenters. The predicted octanol–water partition coefficient (Wildman–Crippen LogP) is 4.75. The summed E-state index contributed by atoms with van der Waals surface area (Å²) in [6, 6.07) is 5.36. The molecule has 1 unspecified atom stereocenters. The molecule has 0 saturated carbocycles. The fraction of sp³-hybridized carbons (Fsp3) is 0.455. The molecule has 0 N–H and O–H groups in total. The molecule has 11 heteroatoms. The van der Waals surface area contributed by atoms with E-state index < -0.39 is 0 Å². The van der Waals surface area contributed by atoms with Gasteiger partial charge in [-0.25, -0.2) is 9.18 Å². The number of carbonyl (C=O) groups is 1. The Balaban J connectivity index is 1.46. The molecule has 0 spiro atoms. The molecule has 0 aliphatic carbocycles. The maximum absolute atomic E-state index is 14.9. The van der Waals surface area contributed by atoms with E-state index in [0.717, 1.165) is 63.4 Å². The van der Waals surface area contributed by atoms with E-state index in [-0.39, 0.29) is 35.5 Å². The van der Waals surface area contributed by atoms with Gasteiger partial charge in [-0.15, -0.1) is 11.8 Å². The molecule has 9 nitrogen and oxygen atoms in total. The lowest BCUT2D eigenvalue weighted by Gasteiger charge is -2.45. The third-order valence-electron chi connectivity index (χ3n) is 9.63. The first kappa shape index (κ1) is 29.0. The van der Waals surface area contributed by atoms with Crippen LogP contribution in [0.2, 0.25) is 0 Å². The largest absolute Gasteiger partial charge is 0.350 e. The Morgan fingerprint density at radius 1 is 1.14 bits per heavy atom. The van der Waals surface area contributed by atoms with Crippen molar-refractivity contribution in [2.24, 2.45) is 7.05 Å². The van der Waals surface area contributed by atoms with Crippen molar-refractivity contribution in [3.63, 3.8) is 0 Å². The van der Waals surface area contributed by atoms with Crippen LogP contribution in [0.1, 0.15) is 38.3 Å². The van der Waals surface area contributed by atoms with Crippen molar-refractivity contribution in [1.29, 1.82) is 0 Å². The summed E-state index contributed by atoms with van der Waals surface area (Å²) in [5.74, 6) is 1.02. The fourth-order valence-corrected chi connectivity index (χ4v) is 8.85. The maximum Gasteiger partial charge on any atom is 0.350 e. The van der Waals surface area contributed by atoms with E-state index in [1.807, 2.05) is 29.5 Å². The van der Waals surface area contributed by atoms with E-state index in [2.05, 4.69) is 41.4 Å². The molecule has 44 heavy (non-hydrogen) atoms. The highest BCUT2D eigenvalue weighted by Gasteiger charge is 2.36. The van der Waals surface area contributed by atoms with Crippen LogP contribution in [-0.4, -0.2) is 85.6 Å². The summed E-state index contributed by atoms with van der Waals surface area (Å²) in [5, 5.41) is 5.79. The van der Waals surface area contributed by atoms with Gasteiger partial charge in [0.1, 0.15) is 11.6 Å². The Morgan fingerprint density at radius 2 is 1.91 bits per heavy atom. The molecule has 1 amide bonds. The topological polar surface area (TPSA) is 79.5 Å². The zero-order valence-electron chi connectivity index (χ0n) is 25.7. The van der Waals surface area contributed by atoms with Crippen LogP contribution >= 0.6 is 11.8 Å². The Morgan fingerprint density at radius 3 is 2.66 bits per heavy atom. The highest BCUT2D eigenvalue weighted by Crippen LogP contribution is 2.47. The van der Waals surface area contributed by atoms with Crippen molar-refractivity contribution >= 4 is 45.3 Å². The number of halogens is 1. The molecule has 2 fully saturated rings. The quantitative estimate of drug-likeness (QED) is 0.300. The van der Waals surface area contributed by atoms with Crippen molar-refractivity contribution in [1.82, 2.24) is 29.1 Å². The second-order valence-electron chi connectivity index (χ2n) is 12.5. The van der Waals surface area contributed by atoms with Crippen LogP contribution in [0.25, 0.3) is 32.9 Å². The molecule has 7 rings (SSSR count). The zero-order valence-corrected chi connectivity index (χ0v) is 26.5. The monoisotopic (exact) mass is 615 g/mol. The molecule has 0 bridgehead atoms. The van der Waals surface area contributed by atoms with E-state index >= 15 is 0 Å². The maximum atomic E-state index is 14.9. The molecular weight excluding hydrogens is 577 g/mol. The number of hydrogen-bond donors (Lipinski definition) is 0. The minimum Gasteiger partial charge on any atom is -0.349 e. The van der Waals surface area contributed by atoms with Crippen molar-refractivity contribution < 1.29 is 9.18 Å². The number of likely N-dealkylation sites (tertiary alicyclic amines) is 1. The SMILES string of the molecule is C=CC(=O)N1C[C@H](C)N(c2nc(=O)n3c4c(c(-c5ccc(F)c6cnn(C)c56)c(C)cc24)SCC3CN2CCCC2)C[C@H]1C. The van der Waals surface area contributed by atoms with Gasteiger partial charge in [-0.05, 0) is 76.5 Å². The number of fused-ring (bicyclic) bond motifs is 1. The third kappa shape index (κ3) is 4.54. The second kappa shape index (κ2) is 11.0. The molecule has 3 aliphatic heterocycles. The molecule has 230 valence electrons. The smallest absolute Gasteiger partial charge is 0.349 e. The van der Waals surface area contributed by atoms with Crippen LogP contribution in [0.15, 0.2) is 46.7 Å². The van der Waals surface area contributed by atoms with E-state index in [9.17, 15) is 14.0 Å². The van der Waals surface area contributed by atoms with Gasteiger partial charge in [-0.1, -0.05) is 6.58 Å². The van der Waals surface area contributed by atoms with Gasteiger partial charge in [0.2, 0.25) is 5.91 Å². The standard InChI is InChI=1S/C33H38FN7O2S/c1-6-27(42)39-15-21(4)40(16-20(39)3)32-24-13-19(2)28(23-9-10-26(34)25-14-35-37(5)29(23)25)31-30(24)41(33(43)36-32)22(18-44-31)17-38-11-7-8-12-38/h6,9-10,13-14,20-22H,1,7-8,11-12,15-18H2,2-5H3/t20-,21+,22?/m1/s1. The molecule has 3 aliphatic rings. The molecule has 4 aromatic rings. The number of rotatable bonds is 5. The Hall–Kier alpha value is -3.70. The summed E-state index contributed by atoms with van der Waals surface area (Å²) in [4.78, 5) is 39.0. The van der Waals surface area contributed by atoms with Gasteiger partial charge in [-0.3, -0.25) is 14.0 Å². The number of carbonyl (C=O) groups excluding carboxylic acids is 1. The van der Waals surface area contributed by atoms with Gasteiger partial charge in [0, 0.05) is 65.9 Å². The first-order chi connectivity index (χ1) is 21.2. The lowest BCUT2D eigenvalue weighted by Crippen LogP contribution is -2.58. The lowest BCUT2D eigenvalue weighted by molar-refractivity contribution is -0.128. The molecule has 2 aromatic heterocycles. The lowest BCUT2D eigenvalue weighted by atomic mass is 9.95. The normalized spacial score (nSPS) is 22.3. The van der Waals surface area contributed by atoms with Gasteiger partial charge in [0.25, 0.3) is 0 Å². The van der Waals surface area contributed by atoms with Crippen molar-refractivity contribution in [3.05, 3.63) is 58.9 Å². The number of thioether (sulfide) groups is 1. The van der Waals surface area contributed by atoms with Crippen LogP contribution in [0.4, 0.5) is 10.2 Å². The zero-order chi connectivity index (χ0) is 30.9. The first-order valence-electron chi connectivity index (χ1n) is 15.4. The fourth-order valence-electron chi connectivity index (χ4n) is 7.48. The van der Waals surface area contributed by atoms with Gasteiger partial charge in [0.05, 0.1) is 28.7 Å². The van der Waals surface area contributed by atoms with Crippen molar-refractivity contribution in [2.75, 3.05) is 43.4 Å². The summed E-state index contributed by atoms with van der Waals surface area (Å²) >= 11 is 1.78. The van der Waals surface area contributed by atoms with Crippen LogP contribution in [0.3, 0.4) is 0 Å². The number of amides is 1. The number of anilines is 1. The van der Waals surface area contributed by atoms with Crippen LogP contribution in [0, 0.1) is 12.7 Å². The predicted molar refractivity (Wildman–Crippen MR) is 174 cm³/mol. The minimum absolute atomic E-state index is 0.0129. The molecule has 5 heterocycles. The molecular formula is C33H38FN7O2S. The Bertz CT molecular complexity index is 1880. The van der Waals surface area contributed by atoms with Gasteiger partial charge < -0.3 is 14.7 Å². The summed E-state index contributed by atoms with van der Waals surface area (Å²) in [6.45, 7) is 13.8. The van der Waals surface area contributed by atoms with E-state index in [4.69, 9.17) is 4.98 Å². The van der Waals surface area contributed by atoms with Crippen molar-refractivity contribution in [2.45, 2.75) is 56.6 Å². The number of benzene rings is 2. The van der Waals surface area contributed by atoms with Gasteiger partial charge in [0.15, 0.2) is 0 Å². The number of hydrogen-bond acceptors (Lipinski definition) is 7. The summed E-state index contributed by atoms with van der Waals surface area (Å²) in [7, 11) is 1.84. The molecule has 2 saturated heterocycles. The number of nitrogens with zero attached hydrogens (tertiary/aromatic N) is 7. The first-order valence-corrected chi connectivity index (χ1v) is 16.4. The summed E-state index contributed by atoms with van der Waals surface area (Å²) < 4.78 is 18.5. The van der Waals surface area contributed by atoms with E-state index in [0.29, 0.717) is 24.3 Å². The summed E-state index contributed by atoms with van der Waals surface area (Å²) in [6.07, 6.45) is 5.31. The highest BCUT2D eigenvalue weighted by atomic mass is 32.2. The van der Waals surface area contributed by atoms with Gasteiger partial charge in [-0.2, -0.15) is 10.1 Å². The number of aryl methyl sites for hydroxylation is 2. The Kier molecular flexibility index (Phi) is 7.28. The number of aromatic nitrogens is 4. The second-order valence-corrected chi connectivity index (χ2v) is 13.6. The highest BCUT2D eigenvalue weighted by molar-refractivity contribution is 7.99. The third-order valence-corrected chi connectivity index (χ3v) is 10.9. The van der Waals surface area contributed by atoms with Crippen molar-refractivity contribution in [3.8, 4) is 11.1 Å². The molecule has 0 radical (unpaired) electrons. The Labute approximate surface area is 260 Å². The van der Waals surface area contributed by atoms with E-state index in [1.54, 1.807) is 22.6 Å². The molecule has 2 aromatic carbocycles. The average Bonchev–Trinajstić information content (AvgIpc) is 3.67.